The van der Waals surface area contributed by atoms with Crippen molar-refractivity contribution in [2.45, 2.75) is 13.3 Å². The van der Waals surface area contributed by atoms with Gasteiger partial charge in [0, 0.05) is 5.02 Å². The third kappa shape index (κ3) is 1.63. The third-order valence-electron chi connectivity index (χ3n) is 2.07. The fraction of sp³-hybridized carbons (Fsp3) is 0.200. The number of aromatic nitrogens is 3. The van der Waals surface area contributed by atoms with E-state index in [4.69, 9.17) is 11.6 Å². The minimum absolute atomic E-state index is 0.766. The average Bonchev–Trinajstić information content (AvgIpc) is 2.70. The maximum absolute atomic E-state index is 6.08. The molecule has 0 amide bonds. The first-order valence-electron chi connectivity index (χ1n) is 4.46. The van der Waals surface area contributed by atoms with Gasteiger partial charge in [0.1, 0.15) is 0 Å². The maximum Gasteiger partial charge on any atom is 0.0871 e. The molecule has 1 heterocycles. The Morgan fingerprint density at radius 3 is 2.57 bits per heavy atom. The van der Waals surface area contributed by atoms with Crippen LogP contribution in [0.2, 0.25) is 5.02 Å². The summed E-state index contributed by atoms with van der Waals surface area (Å²) in [6.45, 7) is 2.08. The molecular weight excluding hydrogens is 198 g/mol. The van der Waals surface area contributed by atoms with Gasteiger partial charge in [-0.3, -0.25) is 0 Å². The van der Waals surface area contributed by atoms with Crippen LogP contribution in [0.5, 0.6) is 0 Å². The molecule has 0 bridgehead atoms. The zero-order valence-electron chi connectivity index (χ0n) is 7.81. The summed E-state index contributed by atoms with van der Waals surface area (Å²) < 4.78 is 0. The van der Waals surface area contributed by atoms with Crippen LogP contribution >= 0.6 is 11.6 Å². The van der Waals surface area contributed by atoms with E-state index in [9.17, 15) is 0 Å². The second-order valence-electron chi connectivity index (χ2n) is 2.95. The van der Waals surface area contributed by atoms with Gasteiger partial charge in [-0.15, -0.1) is 0 Å². The summed E-state index contributed by atoms with van der Waals surface area (Å²) in [5, 5.41) is 8.83. The molecule has 4 heteroatoms. The Balaban J connectivity index is 2.43. The predicted molar refractivity (Wildman–Crippen MR) is 55.7 cm³/mol. The fourth-order valence-corrected chi connectivity index (χ4v) is 1.60. The van der Waals surface area contributed by atoms with Crippen LogP contribution in [0, 0.1) is 0 Å². The van der Waals surface area contributed by atoms with E-state index in [1.165, 1.54) is 0 Å². The first-order chi connectivity index (χ1) is 6.81. The number of hydrogen-bond donors (Lipinski definition) is 0. The molecule has 0 atom stereocenters. The minimum Gasteiger partial charge on any atom is -0.157 e. The molecule has 3 nitrogen and oxygen atoms in total. The summed E-state index contributed by atoms with van der Waals surface area (Å²) in [7, 11) is 0. The topological polar surface area (TPSA) is 30.7 Å². The second-order valence-corrected chi connectivity index (χ2v) is 3.35. The fourth-order valence-electron chi connectivity index (χ4n) is 1.30. The quantitative estimate of drug-likeness (QED) is 0.758. The molecule has 2 aromatic rings. The highest BCUT2D eigenvalue weighted by Crippen LogP contribution is 2.19. The number of nitrogens with zero attached hydrogens (tertiary/aromatic N) is 3. The predicted octanol–water partition coefficient (Wildman–Crippen LogP) is 2.48. The van der Waals surface area contributed by atoms with Gasteiger partial charge in [0.05, 0.1) is 18.1 Å². The van der Waals surface area contributed by atoms with E-state index in [0.717, 1.165) is 22.7 Å². The van der Waals surface area contributed by atoms with Crippen LogP contribution in [0.15, 0.2) is 30.6 Å². The summed E-state index contributed by atoms with van der Waals surface area (Å²) in [5.41, 5.74) is 2.03. The number of halogens is 1. The molecule has 0 saturated carbocycles. The van der Waals surface area contributed by atoms with E-state index in [-0.39, 0.29) is 0 Å². The Labute approximate surface area is 87.3 Å². The van der Waals surface area contributed by atoms with Gasteiger partial charge in [-0.05, 0) is 24.1 Å². The van der Waals surface area contributed by atoms with Crippen molar-refractivity contribution < 1.29 is 0 Å². The van der Waals surface area contributed by atoms with Crippen molar-refractivity contribution in [3.8, 4) is 5.69 Å². The number of benzene rings is 1. The van der Waals surface area contributed by atoms with E-state index >= 15 is 0 Å². The molecule has 0 N–H and O–H groups in total. The van der Waals surface area contributed by atoms with E-state index < -0.39 is 0 Å². The van der Waals surface area contributed by atoms with Crippen molar-refractivity contribution in [1.29, 1.82) is 0 Å². The molecule has 0 aliphatic carbocycles. The Hall–Kier alpha value is -1.35. The van der Waals surface area contributed by atoms with Gasteiger partial charge >= 0.3 is 0 Å². The molecule has 0 aliphatic heterocycles. The van der Waals surface area contributed by atoms with Crippen LogP contribution in [-0.2, 0) is 6.42 Å². The van der Waals surface area contributed by atoms with Crippen LogP contribution in [0.25, 0.3) is 5.69 Å². The molecule has 2 rings (SSSR count). The van der Waals surface area contributed by atoms with Crippen LogP contribution in [0.4, 0.5) is 0 Å². The first kappa shape index (κ1) is 9.21. The molecular formula is C10H10ClN3. The summed E-state index contributed by atoms with van der Waals surface area (Å²) in [6.07, 6.45) is 4.22. The molecule has 1 aromatic heterocycles. The summed E-state index contributed by atoms with van der Waals surface area (Å²) >= 11 is 6.08. The summed E-state index contributed by atoms with van der Waals surface area (Å²) in [6, 6.07) is 5.84. The van der Waals surface area contributed by atoms with Gasteiger partial charge < -0.3 is 0 Å². The molecule has 1 aromatic carbocycles. The molecule has 0 fully saturated rings. The standard InChI is InChI=1S/C10H10ClN3/c1-2-8-3-4-9(7-10(8)11)14-12-5-6-13-14/h3-7H,2H2,1H3. The molecule has 0 spiro atoms. The van der Waals surface area contributed by atoms with Crippen molar-refractivity contribution >= 4 is 11.6 Å². The normalized spacial score (nSPS) is 10.4. The highest BCUT2D eigenvalue weighted by molar-refractivity contribution is 6.31. The SMILES string of the molecule is CCc1ccc(-n2nccn2)cc1Cl. The van der Waals surface area contributed by atoms with E-state index in [0.29, 0.717) is 0 Å². The van der Waals surface area contributed by atoms with Crippen LogP contribution < -0.4 is 0 Å². The highest BCUT2D eigenvalue weighted by atomic mass is 35.5. The molecule has 0 radical (unpaired) electrons. The Kier molecular flexibility index (Phi) is 2.50. The van der Waals surface area contributed by atoms with Crippen molar-refractivity contribution in [3.63, 3.8) is 0 Å². The van der Waals surface area contributed by atoms with E-state index in [1.54, 1.807) is 17.2 Å². The van der Waals surface area contributed by atoms with Gasteiger partial charge in [0.25, 0.3) is 0 Å². The van der Waals surface area contributed by atoms with Crippen LogP contribution in [-0.4, -0.2) is 15.0 Å². The van der Waals surface area contributed by atoms with Crippen molar-refractivity contribution in [2.24, 2.45) is 0 Å². The highest BCUT2D eigenvalue weighted by Gasteiger charge is 2.02. The van der Waals surface area contributed by atoms with E-state index in [2.05, 4.69) is 17.1 Å². The van der Waals surface area contributed by atoms with Crippen molar-refractivity contribution in [3.05, 3.63) is 41.2 Å². The largest absolute Gasteiger partial charge is 0.157 e. The van der Waals surface area contributed by atoms with Gasteiger partial charge in [-0.25, -0.2) is 0 Å². The van der Waals surface area contributed by atoms with Gasteiger partial charge in [-0.2, -0.15) is 15.0 Å². The Morgan fingerprint density at radius 2 is 2.00 bits per heavy atom. The van der Waals surface area contributed by atoms with Crippen molar-refractivity contribution in [1.82, 2.24) is 15.0 Å². The lowest BCUT2D eigenvalue weighted by molar-refractivity contribution is 0.751. The Morgan fingerprint density at radius 1 is 1.29 bits per heavy atom. The van der Waals surface area contributed by atoms with Gasteiger partial charge in [0.15, 0.2) is 0 Å². The zero-order valence-corrected chi connectivity index (χ0v) is 8.57. The van der Waals surface area contributed by atoms with Crippen molar-refractivity contribution in [2.75, 3.05) is 0 Å². The lowest BCUT2D eigenvalue weighted by Crippen LogP contribution is -1.98. The molecule has 0 saturated heterocycles. The second kappa shape index (κ2) is 3.80. The number of aryl methyl sites for hydroxylation is 1. The van der Waals surface area contributed by atoms with Crippen LogP contribution in [0.1, 0.15) is 12.5 Å². The zero-order chi connectivity index (χ0) is 9.97. The number of rotatable bonds is 2. The summed E-state index contributed by atoms with van der Waals surface area (Å²) in [5.74, 6) is 0. The average molecular weight is 208 g/mol. The van der Waals surface area contributed by atoms with Crippen LogP contribution in [0.3, 0.4) is 0 Å². The van der Waals surface area contributed by atoms with Gasteiger partial charge in [0.2, 0.25) is 0 Å². The molecule has 14 heavy (non-hydrogen) atoms. The van der Waals surface area contributed by atoms with Gasteiger partial charge in [-0.1, -0.05) is 24.6 Å². The summed E-state index contributed by atoms with van der Waals surface area (Å²) in [4.78, 5) is 1.55. The maximum atomic E-state index is 6.08. The smallest absolute Gasteiger partial charge is 0.0871 e. The number of hydrogen-bond acceptors (Lipinski definition) is 2. The minimum atomic E-state index is 0.766. The monoisotopic (exact) mass is 207 g/mol. The van der Waals surface area contributed by atoms with E-state index in [1.807, 2.05) is 18.2 Å². The third-order valence-corrected chi connectivity index (χ3v) is 2.42. The Bertz CT molecular complexity index is 423. The lowest BCUT2D eigenvalue weighted by Gasteiger charge is -2.03. The first-order valence-corrected chi connectivity index (χ1v) is 4.84. The molecule has 72 valence electrons. The molecule has 0 unspecified atom stereocenters. The lowest BCUT2D eigenvalue weighted by atomic mass is 10.1. The molecule has 0 aliphatic rings.